The third-order valence-electron chi connectivity index (χ3n) is 5.90. The number of hydrogen-bond donors (Lipinski definition) is 0. The van der Waals surface area contributed by atoms with Crippen molar-refractivity contribution < 1.29 is 18.8 Å². The van der Waals surface area contributed by atoms with E-state index in [1.807, 2.05) is 38.2 Å². The van der Waals surface area contributed by atoms with E-state index < -0.39 is 0 Å². The molecule has 2 aliphatic rings. The van der Waals surface area contributed by atoms with Crippen LogP contribution in [0.4, 0.5) is 0 Å². The Bertz CT molecular complexity index is 1040. The maximum absolute atomic E-state index is 12.5. The van der Waals surface area contributed by atoms with E-state index in [1.165, 1.54) is 0 Å². The van der Waals surface area contributed by atoms with Crippen LogP contribution in [0.15, 0.2) is 34.9 Å². The zero-order valence-corrected chi connectivity index (χ0v) is 17.7. The van der Waals surface area contributed by atoms with Gasteiger partial charge < -0.3 is 18.9 Å². The molecule has 9 nitrogen and oxygen atoms in total. The molecule has 162 valence electrons. The predicted octanol–water partition coefficient (Wildman–Crippen LogP) is 2.58. The highest BCUT2D eigenvalue weighted by molar-refractivity contribution is 5.93. The van der Waals surface area contributed by atoms with Crippen LogP contribution in [0.5, 0.6) is 5.75 Å². The van der Waals surface area contributed by atoms with Crippen molar-refractivity contribution >= 4 is 5.91 Å². The Morgan fingerprint density at radius 1 is 1.16 bits per heavy atom. The second kappa shape index (κ2) is 8.14. The molecule has 5 rings (SSSR count). The molecule has 0 spiro atoms. The molecule has 2 aromatic heterocycles. The van der Waals surface area contributed by atoms with E-state index >= 15 is 0 Å². The minimum absolute atomic E-state index is 0.0232. The lowest BCUT2D eigenvalue weighted by Gasteiger charge is -2.38. The van der Waals surface area contributed by atoms with Crippen molar-refractivity contribution in [1.29, 1.82) is 0 Å². The van der Waals surface area contributed by atoms with Crippen LogP contribution in [0.1, 0.15) is 40.8 Å². The van der Waals surface area contributed by atoms with Crippen LogP contribution in [0.25, 0.3) is 11.4 Å². The lowest BCUT2D eigenvalue weighted by atomic mass is 10.0. The van der Waals surface area contributed by atoms with E-state index in [2.05, 4.69) is 15.2 Å². The van der Waals surface area contributed by atoms with E-state index in [4.69, 9.17) is 14.0 Å². The highest BCUT2D eigenvalue weighted by atomic mass is 16.5. The summed E-state index contributed by atoms with van der Waals surface area (Å²) in [7, 11) is 1.83. The number of likely N-dealkylation sites (tertiary alicyclic amines) is 1. The van der Waals surface area contributed by atoms with E-state index in [1.54, 1.807) is 15.6 Å². The topological polar surface area (TPSA) is 95.5 Å². The Hall–Kier alpha value is -3.20. The van der Waals surface area contributed by atoms with Gasteiger partial charge in [0.05, 0.1) is 13.1 Å². The van der Waals surface area contributed by atoms with Crippen LogP contribution in [-0.2, 0) is 11.8 Å². The fraction of sp³-hybridized carbons (Fsp3) is 0.455. The first-order valence-corrected chi connectivity index (χ1v) is 10.5. The van der Waals surface area contributed by atoms with Crippen LogP contribution in [0, 0.1) is 6.92 Å². The van der Waals surface area contributed by atoms with E-state index in [0.29, 0.717) is 30.5 Å². The predicted molar refractivity (Wildman–Crippen MR) is 111 cm³/mol. The summed E-state index contributed by atoms with van der Waals surface area (Å²) in [5.41, 5.74) is 2.31. The molecule has 2 aliphatic heterocycles. The van der Waals surface area contributed by atoms with Gasteiger partial charge in [0.1, 0.15) is 11.9 Å². The van der Waals surface area contributed by atoms with Gasteiger partial charge >= 0.3 is 0 Å². The Morgan fingerprint density at radius 2 is 1.90 bits per heavy atom. The summed E-state index contributed by atoms with van der Waals surface area (Å²) >= 11 is 0. The maximum Gasteiger partial charge on any atom is 0.274 e. The van der Waals surface area contributed by atoms with Gasteiger partial charge in [-0.3, -0.25) is 9.48 Å². The SMILES string of the molecule is Cc1cc(C(=O)N2CC(Oc3ccc(-c4noc(C5CCOCC5)n4)cc3)C2)nn1C. The summed E-state index contributed by atoms with van der Waals surface area (Å²) in [6.45, 7) is 4.50. The first-order valence-electron chi connectivity index (χ1n) is 10.5. The summed E-state index contributed by atoms with van der Waals surface area (Å²) in [6, 6.07) is 9.44. The zero-order chi connectivity index (χ0) is 21.4. The molecule has 0 aliphatic carbocycles. The molecule has 2 fully saturated rings. The summed E-state index contributed by atoms with van der Waals surface area (Å²) in [5, 5.41) is 8.38. The number of aryl methyl sites for hydroxylation is 2. The third-order valence-corrected chi connectivity index (χ3v) is 5.90. The van der Waals surface area contributed by atoms with Gasteiger partial charge in [-0.05, 0) is 50.1 Å². The first-order chi connectivity index (χ1) is 15.1. The van der Waals surface area contributed by atoms with Crippen molar-refractivity contribution in [3.8, 4) is 17.1 Å². The summed E-state index contributed by atoms with van der Waals surface area (Å²) in [6.07, 6.45) is 1.80. The van der Waals surface area contributed by atoms with Gasteiger partial charge in [0.25, 0.3) is 5.91 Å². The van der Waals surface area contributed by atoms with Gasteiger partial charge in [0.15, 0.2) is 5.69 Å². The summed E-state index contributed by atoms with van der Waals surface area (Å²) in [4.78, 5) is 18.8. The van der Waals surface area contributed by atoms with Crippen LogP contribution < -0.4 is 4.74 Å². The van der Waals surface area contributed by atoms with Crippen LogP contribution in [-0.4, -0.2) is 63.1 Å². The van der Waals surface area contributed by atoms with Crippen molar-refractivity contribution in [3.05, 3.63) is 47.6 Å². The normalized spacial score (nSPS) is 17.5. The number of amides is 1. The molecule has 0 radical (unpaired) electrons. The Kier molecular flexibility index (Phi) is 5.19. The molecule has 1 amide bonds. The number of aromatic nitrogens is 4. The Balaban J connectivity index is 1.15. The summed E-state index contributed by atoms with van der Waals surface area (Å²) in [5.74, 6) is 2.23. The largest absolute Gasteiger partial charge is 0.487 e. The van der Waals surface area contributed by atoms with Gasteiger partial charge in [0.2, 0.25) is 11.7 Å². The van der Waals surface area contributed by atoms with Crippen molar-refractivity contribution in [3.63, 3.8) is 0 Å². The molecule has 0 saturated carbocycles. The van der Waals surface area contributed by atoms with Crippen LogP contribution in [0.2, 0.25) is 0 Å². The van der Waals surface area contributed by atoms with E-state index in [-0.39, 0.29) is 17.9 Å². The van der Waals surface area contributed by atoms with Crippen LogP contribution >= 0.6 is 0 Å². The second-order valence-corrected chi connectivity index (χ2v) is 8.11. The number of benzene rings is 1. The molecular formula is C22H25N5O4. The van der Waals surface area contributed by atoms with E-state index in [0.717, 1.165) is 43.1 Å². The Morgan fingerprint density at radius 3 is 2.58 bits per heavy atom. The monoisotopic (exact) mass is 423 g/mol. The van der Waals surface area contributed by atoms with Crippen molar-refractivity contribution in [1.82, 2.24) is 24.8 Å². The van der Waals surface area contributed by atoms with Gasteiger partial charge in [-0.15, -0.1) is 0 Å². The number of carbonyl (C=O) groups is 1. The van der Waals surface area contributed by atoms with Gasteiger partial charge in [-0.2, -0.15) is 10.1 Å². The molecule has 9 heteroatoms. The highest BCUT2D eigenvalue weighted by Crippen LogP contribution is 2.28. The molecular weight excluding hydrogens is 398 g/mol. The quantitative estimate of drug-likeness (QED) is 0.622. The Labute approximate surface area is 179 Å². The minimum Gasteiger partial charge on any atom is -0.487 e. The molecule has 31 heavy (non-hydrogen) atoms. The molecule has 0 unspecified atom stereocenters. The molecule has 4 heterocycles. The maximum atomic E-state index is 12.5. The van der Waals surface area contributed by atoms with Gasteiger partial charge in [0, 0.05) is 37.4 Å². The number of hydrogen-bond acceptors (Lipinski definition) is 7. The molecule has 0 N–H and O–H groups in total. The van der Waals surface area contributed by atoms with Crippen molar-refractivity contribution in [2.45, 2.75) is 31.8 Å². The fourth-order valence-electron chi connectivity index (χ4n) is 3.84. The van der Waals surface area contributed by atoms with Gasteiger partial charge in [-0.25, -0.2) is 0 Å². The first kappa shape index (κ1) is 19.7. The van der Waals surface area contributed by atoms with Crippen LogP contribution in [0.3, 0.4) is 0 Å². The number of carbonyl (C=O) groups excluding carboxylic acids is 1. The lowest BCUT2D eigenvalue weighted by Crippen LogP contribution is -2.56. The lowest BCUT2D eigenvalue weighted by molar-refractivity contribution is 0.0173. The molecule has 2 saturated heterocycles. The number of ether oxygens (including phenoxy) is 2. The summed E-state index contributed by atoms with van der Waals surface area (Å²) < 4.78 is 18.6. The number of nitrogens with zero attached hydrogens (tertiary/aromatic N) is 5. The minimum atomic E-state index is -0.0589. The molecule has 0 bridgehead atoms. The fourth-order valence-corrected chi connectivity index (χ4v) is 3.84. The molecule has 3 aromatic rings. The van der Waals surface area contributed by atoms with E-state index in [9.17, 15) is 4.79 Å². The third kappa shape index (κ3) is 4.05. The smallest absolute Gasteiger partial charge is 0.274 e. The van der Waals surface area contributed by atoms with Crippen molar-refractivity contribution in [2.24, 2.45) is 7.05 Å². The average Bonchev–Trinajstić information content (AvgIpc) is 3.38. The average molecular weight is 423 g/mol. The standard InChI is InChI=1S/C22H25N5O4/c1-14-11-19(24-26(14)2)22(28)27-12-18(13-27)30-17-5-3-15(4-6-17)20-23-21(31-25-20)16-7-9-29-10-8-16/h3-6,11,16,18H,7-10,12-13H2,1-2H3. The second-order valence-electron chi connectivity index (χ2n) is 8.11. The molecule has 1 aromatic carbocycles. The molecule has 0 atom stereocenters. The zero-order valence-electron chi connectivity index (χ0n) is 17.7. The van der Waals surface area contributed by atoms with Gasteiger partial charge in [-0.1, -0.05) is 5.16 Å². The highest BCUT2D eigenvalue weighted by Gasteiger charge is 2.34. The number of rotatable bonds is 5. The van der Waals surface area contributed by atoms with Crippen molar-refractivity contribution in [2.75, 3.05) is 26.3 Å².